The fraction of sp³-hybridized carbons (Fsp3) is 0.320. The number of thiazole rings is 1. The summed E-state index contributed by atoms with van der Waals surface area (Å²) in [6.45, 7) is 2.87. The second-order valence-corrected chi connectivity index (χ2v) is 8.72. The molecule has 4 rings (SSSR count). The highest BCUT2D eigenvalue weighted by atomic mass is 32.1. The van der Waals surface area contributed by atoms with Crippen LogP contribution in [0.2, 0.25) is 0 Å². The molecule has 0 spiro atoms. The molecule has 0 saturated carbocycles. The van der Waals surface area contributed by atoms with E-state index in [-0.39, 0.29) is 12.5 Å². The lowest BCUT2D eigenvalue weighted by atomic mass is 10.1. The number of carbonyl (C=O) groups excluding carboxylic acids is 2. The van der Waals surface area contributed by atoms with Gasteiger partial charge in [0.25, 0.3) is 0 Å². The number of aromatic nitrogens is 1. The maximum absolute atomic E-state index is 12.9. The van der Waals surface area contributed by atoms with Gasteiger partial charge in [0.05, 0.1) is 5.69 Å². The number of nitrogens with one attached hydrogen (secondary N) is 1. The molecule has 1 fully saturated rings. The summed E-state index contributed by atoms with van der Waals surface area (Å²) in [5, 5.41) is 5.35. The zero-order valence-electron chi connectivity index (χ0n) is 18.1. The normalized spacial score (nSPS) is 15.5. The van der Waals surface area contributed by atoms with Gasteiger partial charge in [-0.05, 0) is 30.4 Å². The molecule has 1 atom stereocenters. The number of hydrogen-bond donors (Lipinski definition) is 1. The van der Waals surface area contributed by atoms with E-state index in [0.29, 0.717) is 18.1 Å². The van der Waals surface area contributed by atoms with Crippen molar-refractivity contribution in [1.29, 1.82) is 0 Å². The number of hydrogen-bond acceptors (Lipinski definition) is 5. The van der Waals surface area contributed by atoms with E-state index in [9.17, 15) is 9.59 Å². The minimum atomic E-state index is -0.543. The summed E-state index contributed by atoms with van der Waals surface area (Å²) in [6, 6.07) is 17.3. The lowest BCUT2D eigenvalue weighted by Gasteiger charge is -2.22. The number of aryl methyl sites for hydroxylation is 1. The molecule has 1 aromatic heterocycles. The summed E-state index contributed by atoms with van der Waals surface area (Å²) in [6.07, 6.45) is 3.10. The van der Waals surface area contributed by atoms with E-state index >= 15 is 0 Å². The molecule has 1 aliphatic rings. The van der Waals surface area contributed by atoms with E-state index in [1.807, 2.05) is 35.7 Å². The predicted octanol–water partition coefficient (Wildman–Crippen LogP) is 5.50. The minimum absolute atomic E-state index is 0.192. The van der Waals surface area contributed by atoms with Crippen LogP contribution in [0.1, 0.15) is 37.3 Å². The Hall–Kier alpha value is -3.19. The van der Waals surface area contributed by atoms with Crippen molar-refractivity contribution in [2.75, 3.05) is 11.9 Å². The summed E-state index contributed by atoms with van der Waals surface area (Å²) in [5.74, 6) is -0.224. The molecule has 7 heteroatoms. The van der Waals surface area contributed by atoms with Gasteiger partial charge in [-0.1, -0.05) is 67.9 Å². The summed E-state index contributed by atoms with van der Waals surface area (Å²) in [4.78, 5) is 31.5. The van der Waals surface area contributed by atoms with Crippen molar-refractivity contribution in [3.8, 4) is 11.3 Å². The molecule has 1 saturated heterocycles. The first kappa shape index (κ1) is 22.0. The van der Waals surface area contributed by atoms with Gasteiger partial charge in [0.1, 0.15) is 12.6 Å². The average Bonchev–Trinajstić information content (AvgIpc) is 3.49. The zero-order valence-corrected chi connectivity index (χ0v) is 18.9. The molecule has 0 unspecified atom stereocenters. The van der Waals surface area contributed by atoms with Crippen LogP contribution in [0.4, 0.5) is 9.93 Å². The van der Waals surface area contributed by atoms with E-state index in [2.05, 4.69) is 41.5 Å². The third-order valence-corrected chi connectivity index (χ3v) is 6.28. The van der Waals surface area contributed by atoms with Gasteiger partial charge in [0.15, 0.2) is 5.13 Å². The van der Waals surface area contributed by atoms with Gasteiger partial charge in [-0.3, -0.25) is 9.69 Å². The Balaban J connectivity index is 1.35. The minimum Gasteiger partial charge on any atom is -0.445 e. The van der Waals surface area contributed by atoms with Crippen molar-refractivity contribution in [2.24, 2.45) is 0 Å². The molecule has 32 heavy (non-hydrogen) atoms. The van der Waals surface area contributed by atoms with Crippen LogP contribution in [-0.2, 0) is 22.6 Å². The molecular weight excluding hydrogens is 422 g/mol. The first-order chi connectivity index (χ1) is 15.6. The number of anilines is 1. The van der Waals surface area contributed by atoms with Gasteiger partial charge in [-0.25, -0.2) is 9.78 Å². The quantitative estimate of drug-likeness (QED) is 0.517. The molecule has 0 bridgehead atoms. The SMILES string of the molecule is CCCc1ccc(-c2csc(NC(=O)[C@@H]3CCCN3C(=O)OCc3ccccc3)n2)cc1. The molecule has 2 aromatic carbocycles. The number of carbonyl (C=O) groups is 2. The number of benzene rings is 2. The molecule has 0 aliphatic carbocycles. The third kappa shape index (κ3) is 5.34. The fourth-order valence-corrected chi connectivity index (χ4v) is 4.57. The lowest BCUT2D eigenvalue weighted by molar-refractivity contribution is -0.120. The summed E-state index contributed by atoms with van der Waals surface area (Å²) in [7, 11) is 0. The molecule has 2 heterocycles. The highest BCUT2D eigenvalue weighted by Crippen LogP contribution is 2.27. The molecule has 166 valence electrons. The molecule has 3 aromatic rings. The molecule has 1 aliphatic heterocycles. The molecule has 6 nitrogen and oxygen atoms in total. The smallest absolute Gasteiger partial charge is 0.410 e. The van der Waals surface area contributed by atoms with Crippen molar-refractivity contribution >= 4 is 28.5 Å². The van der Waals surface area contributed by atoms with Gasteiger partial charge in [-0.2, -0.15) is 0 Å². The standard InChI is InChI=1S/C25H27N3O3S/c1-2-7-18-11-13-20(14-12-18)21-17-32-24(26-21)27-23(29)22-10-6-15-28(22)25(30)31-16-19-8-4-3-5-9-19/h3-5,8-9,11-14,17,22H,2,6-7,10,15-16H2,1H3,(H,26,27,29)/t22-/m0/s1. The Morgan fingerprint density at radius 2 is 1.91 bits per heavy atom. The van der Waals surface area contributed by atoms with Crippen LogP contribution in [0.25, 0.3) is 11.3 Å². The van der Waals surface area contributed by atoms with Crippen molar-refractivity contribution in [2.45, 2.75) is 45.3 Å². The van der Waals surface area contributed by atoms with E-state index in [1.165, 1.54) is 21.8 Å². The van der Waals surface area contributed by atoms with Crippen LogP contribution >= 0.6 is 11.3 Å². The largest absolute Gasteiger partial charge is 0.445 e. The first-order valence-corrected chi connectivity index (χ1v) is 11.8. The number of amides is 2. The van der Waals surface area contributed by atoms with Crippen molar-refractivity contribution in [1.82, 2.24) is 9.88 Å². The Kier molecular flexibility index (Phi) is 7.17. The van der Waals surface area contributed by atoms with Gasteiger partial charge in [0.2, 0.25) is 5.91 Å². The summed E-state index contributed by atoms with van der Waals surface area (Å²) >= 11 is 1.39. The van der Waals surface area contributed by atoms with Crippen LogP contribution in [-0.4, -0.2) is 34.5 Å². The van der Waals surface area contributed by atoms with Crippen molar-refractivity contribution in [3.63, 3.8) is 0 Å². The average molecular weight is 450 g/mol. The highest BCUT2D eigenvalue weighted by molar-refractivity contribution is 7.14. The molecule has 2 amide bonds. The van der Waals surface area contributed by atoms with Crippen LogP contribution in [0.5, 0.6) is 0 Å². The van der Waals surface area contributed by atoms with E-state index in [1.54, 1.807) is 0 Å². The third-order valence-electron chi connectivity index (χ3n) is 5.52. The maximum Gasteiger partial charge on any atom is 0.410 e. The molecule has 0 radical (unpaired) electrons. The summed E-state index contributed by atoms with van der Waals surface area (Å²) < 4.78 is 5.43. The molecular formula is C25H27N3O3S. The first-order valence-electron chi connectivity index (χ1n) is 11.0. The van der Waals surface area contributed by atoms with Crippen molar-refractivity contribution in [3.05, 3.63) is 71.1 Å². The fourth-order valence-electron chi connectivity index (χ4n) is 3.84. The van der Waals surface area contributed by atoms with Gasteiger partial charge in [0, 0.05) is 17.5 Å². The Bertz CT molecular complexity index is 1050. The van der Waals surface area contributed by atoms with Crippen molar-refractivity contribution < 1.29 is 14.3 Å². The van der Waals surface area contributed by atoms with Gasteiger partial charge in [-0.15, -0.1) is 11.3 Å². The number of likely N-dealkylation sites (tertiary alicyclic amines) is 1. The topological polar surface area (TPSA) is 71.5 Å². The van der Waals surface area contributed by atoms with Gasteiger partial charge < -0.3 is 10.1 Å². The van der Waals surface area contributed by atoms with Crippen LogP contribution in [0, 0.1) is 0 Å². The predicted molar refractivity (Wildman–Crippen MR) is 127 cm³/mol. The maximum atomic E-state index is 12.9. The van der Waals surface area contributed by atoms with E-state index in [0.717, 1.165) is 36.1 Å². The van der Waals surface area contributed by atoms with Gasteiger partial charge >= 0.3 is 6.09 Å². The zero-order chi connectivity index (χ0) is 22.3. The second-order valence-electron chi connectivity index (χ2n) is 7.87. The van der Waals surface area contributed by atoms with E-state index < -0.39 is 12.1 Å². The van der Waals surface area contributed by atoms with Crippen LogP contribution in [0.3, 0.4) is 0 Å². The lowest BCUT2D eigenvalue weighted by Crippen LogP contribution is -2.43. The van der Waals surface area contributed by atoms with Crippen LogP contribution < -0.4 is 5.32 Å². The number of rotatable bonds is 7. The van der Waals surface area contributed by atoms with Crippen LogP contribution in [0.15, 0.2) is 60.0 Å². The Labute approximate surface area is 192 Å². The number of ether oxygens (including phenoxy) is 1. The Morgan fingerprint density at radius 3 is 2.66 bits per heavy atom. The number of nitrogens with zero attached hydrogens (tertiary/aromatic N) is 2. The Morgan fingerprint density at radius 1 is 1.12 bits per heavy atom. The van der Waals surface area contributed by atoms with E-state index in [4.69, 9.17) is 4.74 Å². The second kappa shape index (κ2) is 10.4. The monoisotopic (exact) mass is 449 g/mol. The highest BCUT2D eigenvalue weighted by Gasteiger charge is 2.35. The molecule has 1 N–H and O–H groups in total. The summed E-state index contributed by atoms with van der Waals surface area (Å²) in [5.41, 5.74) is 4.08.